The fraction of sp³-hybridized carbons (Fsp3) is 0.581. The first-order valence-electron chi connectivity index (χ1n) is 29.5. The van der Waals surface area contributed by atoms with Gasteiger partial charge in [0, 0.05) is 149 Å². The Morgan fingerprint density at radius 2 is 0.938 bits per heavy atom. The topological polar surface area (TPSA) is 191 Å². The summed E-state index contributed by atoms with van der Waals surface area (Å²) < 4.78 is 14.7. The van der Waals surface area contributed by atoms with Gasteiger partial charge in [-0.05, 0) is 152 Å². The quantitative estimate of drug-likeness (QED) is 0.0658. The highest BCUT2D eigenvalue weighted by Gasteiger charge is 2.38. The minimum atomic E-state index is -0.161. The first kappa shape index (κ1) is 58.3. The van der Waals surface area contributed by atoms with Gasteiger partial charge < -0.3 is 39.9 Å². The summed E-state index contributed by atoms with van der Waals surface area (Å²) >= 11 is 0. The van der Waals surface area contributed by atoms with Gasteiger partial charge in [0.1, 0.15) is 0 Å². The molecule has 432 valence electrons. The van der Waals surface area contributed by atoms with E-state index >= 15 is 0 Å². The summed E-state index contributed by atoms with van der Waals surface area (Å²) in [5.74, 6) is -0.323. The molecule has 4 aromatic heterocycles. The molecule has 2 aliphatic heterocycles. The molecule has 4 aliphatic rings. The van der Waals surface area contributed by atoms with Crippen molar-refractivity contribution in [2.75, 3.05) is 63.3 Å². The number of nitrogens with zero attached hydrogens (tertiary/aromatic N) is 8. The molecule has 6 aromatic rings. The van der Waals surface area contributed by atoms with Gasteiger partial charge >= 0.3 is 0 Å². The number of hydrogen-bond donors (Lipinski definition) is 4. The van der Waals surface area contributed by atoms with Crippen molar-refractivity contribution in [2.45, 2.75) is 169 Å². The van der Waals surface area contributed by atoms with E-state index in [-0.39, 0.29) is 36.0 Å². The van der Waals surface area contributed by atoms with Crippen molar-refractivity contribution in [2.24, 2.45) is 14.1 Å². The van der Waals surface area contributed by atoms with Crippen LogP contribution in [0.3, 0.4) is 0 Å². The zero-order valence-electron chi connectivity index (χ0n) is 49.7. The Morgan fingerprint density at radius 3 is 1.25 bits per heavy atom. The van der Waals surface area contributed by atoms with E-state index in [2.05, 4.69) is 78.1 Å². The molecule has 18 nitrogen and oxygen atoms in total. The van der Waals surface area contributed by atoms with Crippen molar-refractivity contribution in [1.29, 1.82) is 0 Å². The van der Waals surface area contributed by atoms with Crippen molar-refractivity contribution in [3.05, 3.63) is 113 Å². The lowest BCUT2D eigenvalue weighted by Crippen LogP contribution is -2.57. The highest BCUT2D eigenvalue weighted by Crippen LogP contribution is 2.41. The van der Waals surface area contributed by atoms with Crippen LogP contribution in [-0.2, 0) is 49.5 Å². The van der Waals surface area contributed by atoms with Crippen LogP contribution in [0.1, 0.15) is 145 Å². The highest BCUT2D eigenvalue weighted by molar-refractivity contribution is 6.06. The second kappa shape index (κ2) is 25.2. The van der Waals surface area contributed by atoms with E-state index < -0.39 is 0 Å². The monoisotopic (exact) mass is 1100 g/mol. The number of aromatic nitrogens is 6. The molecule has 2 saturated carbocycles. The number of carbonyl (C=O) groups is 2. The van der Waals surface area contributed by atoms with E-state index in [1.54, 1.807) is 14.2 Å². The molecule has 18 heteroatoms. The normalized spacial score (nSPS) is 20.1. The summed E-state index contributed by atoms with van der Waals surface area (Å²) in [6.45, 7) is 22.5. The van der Waals surface area contributed by atoms with Gasteiger partial charge in [-0.1, -0.05) is 13.8 Å². The Bertz CT molecular complexity index is 3080. The predicted molar refractivity (Wildman–Crippen MR) is 318 cm³/mol. The van der Waals surface area contributed by atoms with E-state index in [4.69, 9.17) is 9.47 Å². The van der Waals surface area contributed by atoms with Crippen LogP contribution in [0.15, 0.2) is 46.2 Å². The number of amides is 2. The molecule has 0 atom stereocenters. The van der Waals surface area contributed by atoms with Gasteiger partial charge in [0.15, 0.2) is 0 Å². The molecule has 4 fully saturated rings. The van der Waals surface area contributed by atoms with Crippen molar-refractivity contribution >= 4 is 45.0 Å². The predicted octanol–water partition coefficient (Wildman–Crippen LogP) is 7.68. The Balaban J connectivity index is 0.000000194. The lowest BCUT2D eigenvalue weighted by Gasteiger charge is -2.47. The molecule has 80 heavy (non-hydrogen) atoms. The van der Waals surface area contributed by atoms with Crippen LogP contribution in [0.25, 0.3) is 21.8 Å². The molecule has 0 spiro atoms. The number of hydrogen-bond acceptors (Lipinski definition) is 12. The maximum atomic E-state index is 13.7. The summed E-state index contributed by atoms with van der Waals surface area (Å²) in [7, 11) is 7.47. The number of nitrogens with one attached hydrogen (secondary N) is 4. The zero-order valence-corrected chi connectivity index (χ0v) is 49.7. The molecule has 6 heterocycles. The summed E-state index contributed by atoms with van der Waals surface area (Å²) in [6.07, 6.45) is 15.4. The van der Waals surface area contributed by atoms with E-state index in [1.165, 1.54) is 25.7 Å². The van der Waals surface area contributed by atoms with Crippen LogP contribution in [0.5, 0.6) is 0 Å². The standard InChI is InChI=1S/2C31H44N6O3/c2*1-7-24-25(30(38)32-15-26-19(3)13-20(4)34-31(26)39)14-28-27(16-33-35(28)5)29(24)37(8-2)22-11-9-21(10-12-22)36-17-23(18-36)40-6/h2*13-14,16,21-23H,7-12,15,17-18H2,1-6H3,(H,32,38)(H,34,39). The van der Waals surface area contributed by atoms with Crippen molar-refractivity contribution in [1.82, 2.24) is 50.0 Å². The molecular formula is C62H88N12O6. The average Bonchev–Trinajstić information content (AvgIpc) is 3.98. The number of aryl methyl sites for hydroxylation is 6. The van der Waals surface area contributed by atoms with Gasteiger partial charge in [-0.2, -0.15) is 10.2 Å². The van der Waals surface area contributed by atoms with E-state index in [9.17, 15) is 19.2 Å². The summed E-state index contributed by atoms with van der Waals surface area (Å²) in [5, 5.41) is 17.4. The molecule has 2 saturated heterocycles. The second-order valence-electron chi connectivity index (χ2n) is 23.0. The molecule has 2 aliphatic carbocycles. The van der Waals surface area contributed by atoms with E-state index in [1.807, 2.05) is 87.8 Å². The maximum Gasteiger partial charge on any atom is 0.253 e. The number of anilines is 2. The lowest BCUT2D eigenvalue weighted by atomic mass is 9.86. The third-order valence-corrected chi connectivity index (χ3v) is 18.2. The highest BCUT2D eigenvalue weighted by atomic mass is 16.5. The van der Waals surface area contributed by atoms with Gasteiger partial charge in [0.25, 0.3) is 22.9 Å². The maximum absolute atomic E-state index is 13.7. The molecule has 0 bridgehead atoms. The smallest absolute Gasteiger partial charge is 0.253 e. The van der Waals surface area contributed by atoms with Gasteiger partial charge in [0.2, 0.25) is 0 Å². The van der Waals surface area contributed by atoms with Crippen molar-refractivity contribution in [3.63, 3.8) is 0 Å². The number of rotatable bonds is 18. The van der Waals surface area contributed by atoms with Crippen molar-refractivity contribution < 1.29 is 19.1 Å². The van der Waals surface area contributed by atoms with Gasteiger partial charge in [0.05, 0.1) is 47.0 Å². The zero-order chi connectivity index (χ0) is 57.1. The molecule has 10 rings (SSSR count). The Labute approximate surface area is 471 Å². The average molecular weight is 1100 g/mol. The van der Waals surface area contributed by atoms with Crippen LogP contribution in [0, 0.1) is 27.7 Å². The van der Waals surface area contributed by atoms with Crippen molar-refractivity contribution in [3.8, 4) is 0 Å². The molecule has 2 aromatic carbocycles. The van der Waals surface area contributed by atoms with Gasteiger partial charge in [-0.25, -0.2) is 0 Å². The lowest BCUT2D eigenvalue weighted by molar-refractivity contribution is -0.0579. The minimum absolute atomic E-state index is 0.153. The van der Waals surface area contributed by atoms with Crippen LogP contribution in [-0.4, -0.2) is 141 Å². The Morgan fingerprint density at radius 1 is 0.575 bits per heavy atom. The number of benzene rings is 2. The number of fused-ring (bicyclic) bond motifs is 2. The summed E-state index contributed by atoms with van der Waals surface area (Å²) in [5.41, 5.74) is 11.8. The second-order valence-corrected chi connectivity index (χ2v) is 23.0. The van der Waals surface area contributed by atoms with Crippen LogP contribution in [0.4, 0.5) is 11.4 Å². The summed E-state index contributed by atoms with van der Waals surface area (Å²) in [4.78, 5) is 68.5. The molecule has 0 radical (unpaired) electrons. The summed E-state index contributed by atoms with van der Waals surface area (Å²) in [6, 6.07) is 9.91. The van der Waals surface area contributed by atoms with Crippen LogP contribution < -0.4 is 31.6 Å². The van der Waals surface area contributed by atoms with Crippen LogP contribution in [0.2, 0.25) is 0 Å². The molecular weight excluding hydrogens is 1010 g/mol. The number of methoxy groups -OCH3 is 2. The Kier molecular flexibility index (Phi) is 18.4. The fourth-order valence-electron chi connectivity index (χ4n) is 13.6. The number of pyridine rings is 2. The number of likely N-dealkylation sites (tertiary alicyclic amines) is 2. The Hall–Kier alpha value is -6.34. The van der Waals surface area contributed by atoms with Gasteiger partial charge in [-0.3, -0.25) is 38.3 Å². The van der Waals surface area contributed by atoms with Gasteiger partial charge in [-0.15, -0.1) is 0 Å². The third kappa shape index (κ3) is 11.9. The SMILES string of the molecule is CCc1c(C(=O)NCc2c(C)cc(C)[nH]c2=O)cc2c(cnn2C)c1N(CC)C1CCC(N2CC(OC)C2)CC1.CCc1c(C(=O)NCc2c(C)cc(C)[nH]c2=O)cc2c(cnn2C)c1N(CC)C1CCC(N2CC(OC)C2)CC1. The fourth-order valence-corrected chi connectivity index (χ4v) is 13.6. The first-order chi connectivity index (χ1) is 38.5. The third-order valence-electron chi connectivity index (χ3n) is 18.2. The number of aromatic amines is 2. The molecule has 2 amide bonds. The number of carbonyl (C=O) groups excluding carboxylic acids is 2. The largest absolute Gasteiger partial charge is 0.379 e. The molecule has 4 N–H and O–H groups in total. The number of H-pyrrole nitrogens is 2. The van der Waals surface area contributed by atoms with E-state index in [0.717, 1.165) is 145 Å². The number of ether oxygens (including phenoxy) is 2. The first-order valence-corrected chi connectivity index (χ1v) is 29.5. The minimum Gasteiger partial charge on any atom is -0.379 e. The van der Waals surface area contributed by atoms with Crippen LogP contribution >= 0.6 is 0 Å². The molecule has 0 unspecified atom stereocenters. The van der Waals surface area contributed by atoms with E-state index in [0.29, 0.717) is 58.6 Å².